The molecule has 0 atom stereocenters. The molecule has 5 rings (SSSR count). The van der Waals surface area contributed by atoms with E-state index in [0.717, 1.165) is 11.3 Å². The minimum absolute atomic E-state index is 0.0201. The van der Waals surface area contributed by atoms with Crippen LogP contribution in [0.25, 0.3) is 42.4 Å². The normalized spacial score (nSPS) is 19.3. The Bertz CT molecular complexity index is 1810. The maximum atomic E-state index is 8.65. The summed E-state index contributed by atoms with van der Waals surface area (Å²) < 4.78 is 126. The third-order valence-corrected chi connectivity index (χ3v) is 5.12. The van der Waals surface area contributed by atoms with E-state index < -0.39 is 101 Å². The Kier molecular flexibility index (Phi) is 1.58. The molecule has 0 bridgehead atoms. The van der Waals surface area contributed by atoms with Crippen LogP contribution in [-0.4, -0.2) is 0 Å². The average Bonchev–Trinajstić information content (AvgIpc) is 3.34. The van der Waals surface area contributed by atoms with E-state index in [2.05, 4.69) is 0 Å². The van der Waals surface area contributed by atoms with Gasteiger partial charge in [-0.1, -0.05) is 90.2 Å². The number of rotatable bonds is 2. The predicted molar refractivity (Wildman–Crippen MR) is 115 cm³/mol. The van der Waals surface area contributed by atoms with Gasteiger partial charge in [-0.15, -0.1) is 11.3 Å². The van der Waals surface area contributed by atoms with Crippen molar-refractivity contribution in [1.29, 1.82) is 0 Å². The Balaban J connectivity index is 2.12. The van der Waals surface area contributed by atoms with Gasteiger partial charge in [0.15, 0.2) is 0 Å². The van der Waals surface area contributed by atoms with Gasteiger partial charge in [0.1, 0.15) is 0 Å². The van der Waals surface area contributed by atoms with E-state index in [-0.39, 0.29) is 36.9 Å². The first kappa shape index (κ1) is 6.53. The summed E-state index contributed by atoms with van der Waals surface area (Å²) in [6.45, 7) is 0. The van der Waals surface area contributed by atoms with Crippen LogP contribution in [0.1, 0.15) is 20.6 Å². The monoisotopic (exact) mass is 385 g/mol. The van der Waals surface area contributed by atoms with Crippen molar-refractivity contribution >= 4 is 43.1 Å². The zero-order valence-corrected chi connectivity index (χ0v) is 14.4. The summed E-state index contributed by atoms with van der Waals surface area (Å²) in [5.74, 6) is 0. The molecule has 0 N–H and O–H groups in total. The second-order valence-corrected chi connectivity index (χ2v) is 6.60. The van der Waals surface area contributed by atoms with Crippen LogP contribution < -0.4 is 0 Å². The first-order chi connectivity index (χ1) is 19.1. The van der Waals surface area contributed by atoms with Gasteiger partial charge in [-0.05, 0) is 34.3 Å². The molecule has 1 heterocycles. The summed E-state index contributed by atoms with van der Waals surface area (Å²) in [7, 11) is 0. The van der Waals surface area contributed by atoms with Crippen molar-refractivity contribution in [2.45, 2.75) is 0 Å². The summed E-state index contributed by atoms with van der Waals surface area (Å²) in [6.07, 6.45) is 0. The molecule has 0 saturated heterocycles. The molecule has 0 amide bonds. The SMILES string of the molecule is [2H]c1c([2H])c([2H])c(-c2c([2H])c([2H])c([2H])c3c2sc2c(-c4c([2H])c([2H])c([2H])c(Cl)c4[2H])c([2H])c([2H])c([2H])c23)c([2H])c1[2H]. The number of hydrogen-bond acceptors (Lipinski definition) is 1. The van der Waals surface area contributed by atoms with Crippen molar-refractivity contribution < 1.29 is 20.6 Å². The molecule has 124 valence electrons. The molecule has 0 fully saturated rings. The molecular formula is C24H15ClS. The minimum atomic E-state index is -0.689. The molecule has 26 heavy (non-hydrogen) atoms. The van der Waals surface area contributed by atoms with Crippen molar-refractivity contribution in [3.63, 3.8) is 0 Å². The molecule has 0 aliphatic carbocycles. The van der Waals surface area contributed by atoms with Crippen LogP contribution in [0.4, 0.5) is 0 Å². The first-order valence-corrected chi connectivity index (χ1v) is 8.54. The fraction of sp³-hybridized carbons (Fsp3) is 0. The highest BCUT2D eigenvalue weighted by molar-refractivity contribution is 7.26. The van der Waals surface area contributed by atoms with Gasteiger partial charge in [-0.3, -0.25) is 0 Å². The first-order valence-electron chi connectivity index (χ1n) is 14.8. The Morgan fingerprint density at radius 2 is 1.19 bits per heavy atom. The summed E-state index contributed by atoms with van der Waals surface area (Å²) in [4.78, 5) is 0. The molecule has 4 aromatic carbocycles. The van der Waals surface area contributed by atoms with Gasteiger partial charge in [-0.2, -0.15) is 0 Å². The highest BCUT2D eigenvalue weighted by atomic mass is 35.5. The second kappa shape index (κ2) is 6.28. The lowest BCUT2D eigenvalue weighted by atomic mass is 10.0. The number of thiophene rings is 1. The fourth-order valence-electron chi connectivity index (χ4n) is 2.62. The molecule has 0 nitrogen and oxygen atoms in total. The molecule has 0 unspecified atom stereocenters. The third-order valence-electron chi connectivity index (χ3n) is 3.71. The Morgan fingerprint density at radius 3 is 1.88 bits per heavy atom. The van der Waals surface area contributed by atoms with Crippen LogP contribution in [0.5, 0.6) is 0 Å². The number of fused-ring (bicyclic) bond motifs is 3. The van der Waals surface area contributed by atoms with Crippen LogP contribution in [-0.2, 0) is 0 Å². The summed E-state index contributed by atoms with van der Waals surface area (Å²) in [6, 6.07) is -9.41. The van der Waals surface area contributed by atoms with Crippen molar-refractivity contribution in [3.8, 4) is 22.3 Å². The molecule has 0 aliphatic heterocycles. The Hall–Kier alpha value is -2.61. The van der Waals surface area contributed by atoms with E-state index in [9.17, 15) is 0 Å². The third kappa shape index (κ3) is 2.52. The molecule has 0 radical (unpaired) electrons. The van der Waals surface area contributed by atoms with Crippen molar-refractivity contribution in [1.82, 2.24) is 0 Å². The largest absolute Gasteiger partial charge is 0.134 e. The highest BCUT2D eigenvalue weighted by Gasteiger charge is 2.13. The lowest BCUT2D eigenvalue weighted by Crippen LogP contribution is -1.78. The fourth-order valence-corrected chi connectivity index (χ4v) is 3.99. The van der Waals surface area contributed by atoms with Crippen molar-refractivity contribution in [2.75, 3.05) is 0 Å². The van der Waals surface area contributed by atoms with Crippen LogP contribution in [0, 0.1) is 0 Å². The van der Waals surface area contributed by atoms with Gasteiger partial charge >= 0.3 is 0 Å². The quantitative estimate of drug-likeness (QED) is 0.288. The lowest BCUT2D eigenvalue weighted by Gasteiger charge is -2.04. The molecule has 0 spiro atoms. The van der Waals surface area contributed by atoms with E-state index >= 15 is 0 Å². The molecular weight excluding hydrogens is 356 g/mol. The highest BCUT2D eigenvalue weighted by Crippen LogP contribution is 2.43. The zero-order valence-electron chi connectivity index (χ0n) is 27.8. The number of benzene rings is 4. The van der Waals surface area contributed by atoms with Gasteiger partial charge in [-0.25, -0.2) is 0 Å². The van der Waals surface area contributed by atoms with E-state index in [1.807, 2.05) is 0 Å². The molecule has 0 aliphatic rings. The van der Waals surface area contributed by atoms with E-state index in [4.69, 9.17) is 32.2 Å². The molecule has 0 saturated carbocycles. The summed E-state index contributed by atoms with van der Waals surface area (Å²) >= 11 is 6.87. The predicted octanol–water partition coefficient (Wildman–Crippen LogP) is 8.04. The summed E-state index contributed by atoms with van der Waals surface area (Å²) in [5, 5.41) is -0.747. The van der Waals surface area contributed by atoms with Crippen molar-refractivity contribution in [3.05, 3.63) is 95.7 Å². The average molecular weight is 386 g/mol. The van der Waals surface area contributed by atoms with Crippen LogP contribution in [0.2, 0.25) is 5.02 Å². The maximum Gasteiger partial charge on any atom is 0.0645 e. The van der Waals surface area contributed by atoms with Gasteiger partial charge < -0.3 is 0 Å². The smallest absolute Gasteiger partial charge is 0.0645 e. The van der Waals surface area contributed by atoms with Gasteiger partial charge in [0.2, 0.25) is 0 Å². The molecule has 2 heteroatoms. The molecule has 1 aromatic heterocycles. The van der Waals surface area contributed by atoms with Crippen LogP contribution >= 0.6 is 22.9 Å². The van der Waals surface area contributed by atoms with Gasteiger partial charge in [0.25, 0.3) is 0 Å². The van der Waals surface area contributed by atoms with E-state index in [0.29, 0.717) is 0 Å². The van der Waals surface area contributed by atoms with Crippen molar-refractivity contribution in [2.24, 2.45) is 0 Å². The minimum Gasteiger partial charge on any atom is -0.134 e. The standard InChI is InChI=1S/C24H15ClS/c25-18-10-4-9-17(15-18)20-12-6-14-22-21-13-5-11-19(23(21)26-24(20)22)16-7-2-1-3-8-16/h1-15H/i1D,2D,3D,4D,5D,6D,7D,8D,9D,10D,11D,12D,13D,14D,15D. The van der Waals surface area contributed by atoms with Gasteiger partial charge in [0, 0.05) is 25.2 Å². The zero-order chi connectivity index (χ0) is 30.6. The topological polar surface area (TPSA) is 0 Å². The molecule has 5 aromatic rings. The van der Waals surface area contributed by atoms with Crippen LogP contribution in [0.15, 0.2) is 90.6 Å². The summed E-state index contributed by atoms with van der Waals surface area (Å²) in [5.41, 5.74) is -1.30. The Labute approximate surface area is 182 Å². The second-order valence-electron chi connectivity index (χ2n) is 5.20. The Morgan fingerprint density at radius 1 is 0.615 bits per heavy atom. The number of hydrogen-bond donors (Lipinski definition) is 0. The van der Waals surface area contributed by atoms with Crippen LogP contribution in [0.3, 0.4) is 0 Å². The lowest BCUT2D eigenvalue weighted by molar-refractivity contribution is 1.67. The van der Waals surface area contributed by atoms with E-state index in [1.54, 1.807) is 0 Å². The number of halogens is 1. The van der Waals surface area contributed by atoms with E-state index in [1.165, 1.54) is 0 Å². The maximum absolute atomic E-state index is 8.65. The van der Waals surface area contributed by atoms with Gasteiger partial charge in [0.05, 0.1) is 20.6 Å².